The predicted octanol–water partition coefficient (Wildman–Crippen LogP) is 2.44. The number of guanidine groups is 1. The van der Waals surface area contributed by atoms with Crippen LogP contribution in [0.5, 0.6) is 0 Å². The van der Waals surface area contributed by atoms with E-state index in [4.69, 9.17) is 0 Å². The zero-order chi connectivity index (χ0) is 17.0. The van der Waals surface area contributed by atoms with Crippen LogP contribution in [0.1, 0.15) is 12.6 Å². The van der Waals surface area contributed by atoms with Gasteiger partial charge in [0.2, 0.25) is 5.91 Å². The fourth-order valence-corrected chi connectivity index (χ4v) is 2.07. The largest absolute Gasteiger partial charge is 0.357 e. The van der Waals surface area contributed by atoms with Gasteiger partial charge in [-0.1, -0.05) is 24.3 Å². The van der Waals surface area contributed by atoms with E-state index in [1.165, 1.54) is 0 Å². The van der Waals surface area contributed by atoms with E-state index >= 15 is 0 Å². The predicted molar refractivity (Wildman–Crippen MR) is 112 cm³/mol. The monoisotopic (exact) mass is 453 g/mol. The molecular formula is C18H24IN5O. The van der Waals surface area contributed by atoms with Crippen molar-refractivity contribution in [3.05, 3.63) is 60.4 Å². The van der Waals surface area contributed by atoms with Crippen LogP contribution in [-0.2, 0) is 11.2 Å². The van der Waals surface area contributed by atoms with Gasteiger partial charge in [-0.2, -0.15) is 0 Å². The summed E-state index contributed by atoms with van der Waals surface area (Å²) in [6.45, 7) is 3.48. The molecule has 0 saturated heterocycles. The van der Waals surface area contributed by atoms with Gasteiger partial charge in [0.05, 0.1) is 0 Å². The SMILES string of the molecule is CCNC(=NCC(=O)Nc1ccccc1)NCCc1ccccn1.I. The molecule has 0 radical (unpaired) electrons. The lowest BCUT2D eigenvalue weighted by molar-refractivity contribution is -0.114. The van der Waals surface area contributed by atoms with Crippen molar-refractivity contribution in [3.63, 3.8) is 0 Å². The van der Waals surface area contributed by atoms with Crippen molar-refractivity contribution < 1.29 is 4.79 Å². The smallest absolute Gasteiger partial charge is 0.246 e. The Morgan fingerprint density at radius 3 is 2.52 bits per heavy atom. The summed E-state index contributed by atoms with van der Waals surface area (Å²) >= 11 is 0. The van der Waals surface area contributed by atoms with Gasteiger partial charge in [0.15, 0.2) is 5.96 Å². The van der Waals surface area contributed by atoms with Crippen LogP contribution >= 0.6 is 24.0 Å². The van der Waals surface area contributed by atoms with Gasteiger partial charge in [-0.15, -0.1) is 24.0 Å². The maximum atomic E-state index is 11.9. The lowest BCUT2D eigenvalue weighted by Gasteiger charge is -2.11. The van der Waals surface area contributed by atoms with Gasteiger partial charge in [0.25, 0.3) is 0 Å². The number of anilines is 1. The van der Waals surface area contributed by atoms with Gasteiger partial charge in [-0.05, 0) is 31.2 Å². The van der Waals surface area contributed by atoms with Crippen LogP contribution in [0.2, 0.25) is 0 Å². The first kappa shape index (κ1) is 20.9. The molecule has 7 heteroatoms. The molecule has 2 aromatic rings. The van der Waals surface area contributed by atoms with Crippen LogP contribution < -0.4 is 16.0 Å². The molecule has 0 unspecified atom stereocenters. The summed E-state index contributed by atoms with van der Waals surface area (Å²) in [7, 11) is 0. The summed E-state index contributed by atoms with van der Waals surface area (Å²) in [6.07, 6.45) is 2.57. The number of aromatic nitrogens is 1. The molecule has 1 amide bonds. The van der Waals surface area contributed by atoms with Gasteiger partial charge < -0.3 is 16.0 Å². The first-order valence-electron chi connectivity index (χ1n) is 8.05. The highest BCUT2D eigenvalue weighted by molar-refractivity contribution is 14.0. The third-order valence-corrected chi connectivity index (χ3v) is 3.18. The second kappa shape index (κ2) is 12.2. The summed E-state index contributed by atoms with van der Waals surface area (Å²) in [6, 6.07) is 15.2. The Labute approximate surface area is 165 Å². The summed E-state index contributed by atoms with van der Waals surface area (Å²) in [5.74, 6) is 0.472. The second-order valence-corrected chi connectivity index (χ2v) is 5.11. The molecule has 0 spiro atoms. The molecule has 134 valence electrons. The highest BCUT2D eigenvalue weighted by Gasteiger charge is 2.03. The Bertz CT molecular complexity index is 649. The minimum Gasteiger partial charge on any atom is -0.357 e. The fourth-order valence-electron chi connectivity index (χ4n) is 2.07. The van der Waals surface area contributed by atoms with Crippen molar-refractivity contribution in [3.8, 4) is 0 Å². The van der Waals surface area contributed by atoms with Crippen molar-refractivity contribution >= 4 is 41.5 Å². The fraction of sp³-hybridized carbons (Fsp3) is 0.278. The zero-order valence-corrected chi connectivity index (χ0v) is 16.6. The highest BCUT2D eigenvalue weighted by Crippen LogP contribution is 2.04. The third kappa shape index (κ3) is 8.48. The van der Waals surface area contributed by atoms with Crippen LogP contribution in [0.25, 0.3) is 0 Å². The molecule has 1 heterocycles. The summed E-state index contributed by atoms with van der Waals surface area (Å²) in [5, 5.41) is 9.14. The van der Waals surface area contributed by atoms with E-state index < -0.39 is 0 Å². The lowest BCUT2D eigenvalue weighted by atomic mass is 10.3. The number of carbonyl (C=O) groups is 1. The molecule has 1 aromatic carbocycles. The number of rotatable bonds is 7. The van der Waals surface area contributed by atoms with E-state index in [2.05, 4.69) is 25.9 Å². The van der Waals surface area contributed by atoms with E-state index in [9.17, 15) is 4.79 Å². The topological polar surface area (TPSA) is 78.4 Å². The van der Waals surface area contributed by atoms with E-state index in [0.29, 0.717) is 12.5 Å². The molecular weight excluding hydrogens is 429 g/mol. The maximum Gasteiger partial charge on any atom is 0.246 e. The molecule has 0 atom stereocenters. The minimum atomic E-state index is -0.150. The third-order valence-electron chi connectivity index (χ3n) is 3.18. The van der Waals surface area contributed by atoms with E-state index in [1.54, 1.807) is 6.20 Å². The Balaban J connectivity index is 0.00000312. The normalized spacial score (nSPS) is 10.5. The van der Waals surface area contributed by atoms with Gasteiger partial charge in [-0.25, -0.2) is 4.99 Å². The Morgan fingerprint density at radius 2 is 1.84 bits per heavy atom. The number of nitrogens with one attached hydrogen (secondary N) is 3. The number of pyridine rings is 1. The Kier molecular flexibility index (Phi) is 10.2. The van der Waals surface area contributed by atoms with E-state index in [-0.39, 0.29) is 36.4 Å². The van der Waals surface area contributed by atoms with Gasteiger partial charge in [0, 0.05) is 37.1 Å². The molecule has 2 rings (SSSR count). The van der Waals surface area contributed by atoms with Crippen LogP contribution in [0.3, 0.4) is 0 Å². The molecule has 0 aliphatic heterocycles. The van der Waals surface area contributed by atoms with Crippen molar-refractivity contribution in [1.82, 2.24) is 15.6 Å². The number of carbonyl (C=O) groups excluding carboxylic acids is 1. The van der Waals surface area contributed by atoms with E-state index in [1.807, 2.05) is 55.5 Å². The first-order valence-corrected chi connectivity index (χ1v) is 8.05. The summed E-state index contributed by atoms with van der Waals surface area (Å²) in [4.78, 5) is 20.5. The number of halogens is 1. The van der Waals surface area contributed by atoms with Crippen LogP contribution in [0.15, 0.2) is 59.7 Å². The Morgan fingerprint density at radius 1 is 1.08 bits per heavy atom. The Hall–Kier alpha value is -2.16. The van der Waals surface area contributed by atoms with Gasteiger partial charge >= 0.3 is 0 Å². The molecule has 0 bridgehead atoms. The van der Waals surface area contributed by atoms with Gasteiger partial charge in [-0.3, -0.25) is 9.78 Å². The number of benzene rings is 1. The molecule has 0 aliphatic carbocycles. The number of nitrogens with zero attached hydrogens (tertiary/aromatic N) is 2. The molecule has 0 fully saturated rings. The average molecular weight is 453 g/mol. The first-order chi connectivity index (χ1) is 11.8. The van der Waals surface area contributed by atoms with E-state index in [0.717, 1.165) is 24.3 Å². The number of aliphatic imine (C=N–C) groups is 1. The van der Waals surface area contributed by atoms with Crippen molar-refractivity contribution in [2.24, 2.45) is 4.99 Å². The van der Waals surface area contributed by atoms with Crippen molar-refractivity contribution in [2.45, 2.75) is 13.3 Å². The summed E-state index contributed by atoms with van der Waals surface area (Å²) in [5.41, 5.74) is 1.79. The lowest BCUT2D eigenvalue weighted by Crippen LogP contribution is -2.39. The molecule has 25 heavy (non-hydrogen) atoms. The second-order valence-electron chi connectivity index (χ2n) is 5.11. The minimum absolute atomic E-state index is 0. The van der Waals surface area contributed by atoms with Crippen LogP contribution in [0.4, 0.5) is 5.69 Å². The molecule has 0 saturated carbocycles. The summed E-state index contributed by atoms with van der Waals surface area (Å²) < 4.78 is 0. The molecule has 6 nitrogen and oxygen atoms in total. The quantitative estimate of drug-likeness (QED) is 0.342. The number of hydrogen-bond acceptors (Lipinski definition) is 3. The highest BCUT2D eigenvalue weighted by atomic mass is 127. The number of para-hydroxylation sites is 1. The number of amides is 1. The molecule has 0 aliphatic rings. The van der Waals surface area contributed by atoms with Crippen LogP contribution in [-0.4, -0.2) is 36.5 Å². The molecule has 3 N–H and O–H groups in total. The van der Waals surface area contributed by atoms with Gasteiger partial charge in [0.1, 0.15) is 6.54 Å². The average Bonchev–Trinajstić information content (AvgIpc) is 2.61. The van der Waals surface area contributed by atoms with Crippen LogP contribution in [0, 0.1) is 0 Å². The van der Waals surface area contributed by atoms with Crippen molar-refractivity contribution in [2.75, 3.05) is 25.0 Å². The number of hydrogen-bond donors (Lipinski definition) is 3. The van der Waals surface area contributed by atoms with Crippen molar-refractivity contribution in [1.29, 1.82) is 0 Å². The molecule has 1 aromatic heterocycles. The standard InChI is InChI=1S/C18H23N5O.HI/c1-2-19-18(21-13-11-15-8-6-7-12-20-15)22-14-17(24)23-16-9-4-3-5-10-16;/h3-10,12H,2,11,13-14H2,1H3,(H,23,24)(H2,19,21,22);1H. The zero-order valence-electron chi connectivity index (χ0n) is 14.2. The maximum absolute atomic E-state index is 11.9.